The van der Waals surface area contributed by atoms with Crippen LogP contribution < -0.4 is 4.90 Å². The van der Waals surface area contributed by atoms with Crippen LogP contribution in [0.2, 0.25) is 0 Å². The van der Waals surface area contributed by atoms with Crippen molar-refractivity contribution in [3.05, 3.63) is 82.4 Å². The summed E-state index contributed by atoms with van der Waals surface area (Å²) in [5, 5.41) is 5.55. The van der Waals surface area contributed by atoms with Crippen LogP contribution in [0.5, 0.6) is 0 Å². The second kappa shape index (κ2) is 8.00. The Kier molecular flexibility index (Phi) is 5.03. The number of ether oxygens (including phenoxy) is 1. The van der Waals surface area contributed by atoms with Crippen LogP contribution in [-0.2, 0) is 22.5 Å². The van der Waals surface area contributed by atoms with Gasteiger partial charge in [0.2, 0.25) is 0 Å². The van der Waals surface area contributed by atoms with Crippen LogP contribution in [0.4, 0.5) is 5.69 Å². The van der Waals surface area contributed by atoms with Gasteiger partial charge in [-0.15, -0.1) is 11.3 Å². The lowest BCUT2D eigenvalue weighted by Gasteiger charge is -2.16. The van der Waals surface area contributed by atoms with Gasteiger partial charge in [0.15, 0.2) is 6.61 Å². The summed E-state index contributed by atoms with van der Waals surface area (Å²) in [6.45, 7) is 2.91. The zero-order valence-electron chi connectivity index (χ0n) is 17.1. The number of thiophene rings is 1. The fraction of sp³-hybridized carbons (Fsp3) is 0.208. The first-order valence-corrected chi connectivity index (χ1v) is 11.0. The molecular formula is C24H21N3O3S. The van der Waals surface area contributed by atoms with Gasteiger partial charge in [-0.3, -0.25) is 9.48 Å². The fourth-order valence-electron chi connectivity index (χ4n) is 3.95. The van der Waals surface area contributed by atoms with Crippen molar-refractivity contribution in [1.29, 1.82) is 0 Å². The van der Waals surface area contributed by atoms with Crippen molar-refractivity contribution in [2.45, 2.75) is 19.9 Å². The summed E-state index contributed by atoms with van der Waals surface area (Å²) in [6, 6.07) is 19.7. The predicted molar refractivity (Wildman–Crippen MR) is 121 cm³/mol. The molecule has 0 saturated carbocycles. The van der Waals surface area contributed by atoms with E-state index in [9.17, 15) is 9.59 Å². The third-order valence-corrected chi connectivity index (χ3v) is 6.63. The van der Waals surface area contributed by atoms with E-state index >= 15 is 0 Å². The number of carbonyl (C=O) groups excluding carboxylic acids is 2. The standard InChI is InChI=1S/C24H21N3O3S/c1-16-19-13-21(31-23(19)27(25-16)14-17-7-3-2-4-8-17)24(29)30-15-22(28)26-12-11-18-9-5-6-10-20(18)26/h2-10,13H,11-12,14-15H2,1H3. The number of esters is 1. The summed E-state index contributed by atoms with van der Waals surface area (Å²) in [5.74, 6) is -0.682. The summed E-state index contributed by atoms with van der Waals surface area (Å²) < 4.78 is 7.28. The quantitative estimate of drug-likeness (QED) is 0.444. The van der Waals surface area contributed by atoms with Crippen LogP contribution >= 0.6 is 11.3 Å². The van der Waals surface area contributed by atoms with Crippen LogP contribution in [-0.4, -0.2) is 34.8 Å². The highest BCUT2D eigenvalue weighted by Gasteiger charge is 2.25. The van der Waals surface area contributed by atoms with E-state index in [2.05, 4.69) is 5.10 Å². The zero-order valence-corrected chi connectivity index (χ0v) is 17.9. The Hall–Kier alpha value is -3.45. The predicted octanol–water partition coefficient (Wildman–Crippen LogP) is 4.20. The largest absolute Gasteiger partial charge is 0.451 e. The number of benzene rings is 2. The lowest BCUT2D eigenvalue weighted by atomic mass is 10.2. The maximum absolute atomic E-state index is 12.6. The van der Waals surface area contributed by atoms with Gasteiger partial charge in [-0.25, -0.2) is 4.79 Å². The highest BCUT2D eigenvalue weighted by Crippen LogP contribution is 2.30. The number of para-hydroxylation sites is 1. The van der Waals surface area contributed by atoms with Gasteiger partial charge in [0.05, 0.1) is 12.2 Å². The van der Waals surface area contributed by atoms with Crippen LogP contribution in [0.25, 0.3) is 10.2 Å². The number of hydrogen-bond acceptors (Lipinski definition) is 5. The Balaban J connectivity index is 1.29. The first-order valence-electron chi connectivity index (χ1n) is 10.2. The second-order valence-electron chi connectivity index (χ2n) is 7.56. The van der Waals surface area contributed by atoms with Crippen molar-refractivity contribution >= 4 is 39.1 Å². The molecule has 0 fully saturated rings. The smallest absolute Gasteiger partial charge is 0.348 e. The molecule has 156 valence electrons. The van der Waals surface area contributed by atoms with Crippen LogP contribution in [0.15, 0.2) is 60.7 Å². The lowest BCUT2D eigenvalue weighted by molar-refractivity contribution is -0.121. The number of amides is 1. The molecule has 31 heavy (non-hydrogen) atoms. The Bertz CT molecular complexity index is 1280. The van der Waals surface area contributed by atoms with Gasteiger partial charge in [-0.1, -0.05) is 48.5 Å². The molecule has 0 saturated heterocycles. The molecule has 0 bridgehead atoms. The first-order chi connectivity index (χ1) is 15.1. The van der Waals surface area contributed by atoms with E-state index in [0.29, 0.717) is 18.0 Å². The highest BCUT2D eigenvalue weighted by atomic mass is 32.1. The Morgan fingerprint density at radius 1 is 1.10 bits per heavy atom. The minimum Gasteiger partial charge on any atom is -0.451 e. The van der Waals surface area contributed by atoms with Crippen LogP contribution in [0.3, 0.4) is 0 Å². The molecule has 4 aromatic rings. The molecule has 5 rings (SSSR count). The Morgan fingerprint density at radius 2 is 1.87 bits per heavy atom. The van der Waals surface area contributed by atoms with Gasteiger partial charge in [0.25, 0.3) is 5.91 Å². The maximum Gasteiger partial charge on any atom is 0.348 e. The number of aryl methyl sites for hydroxylation is 1. The van der Waals surface area contributed by atoms with E-state index < -0.39 is 5.97 Å². The number of carbonyl (C=O) groups is 2. The monoisotopic (exact) mass is 431 g/mol. The molecular weight excluding hydrogens is 410 g/mol. The van der Waals surface area contributed by atoms with E-state index in [1.54, 1.807) is 4.90 Å². The second-order valence-corrected chi connectivity index (χ2v) is 8.59. The molecule has 2 aromatic carbocycles. The lowest BCUT2D eigenvalue weighted by Crippen LogP contribution is -2.33. The molecule has 0 atom stereocenters. The first kappa shape index (κ1) is 19.5. The molecule has 0 aliphatic carbocycles. The molecule has 0 N–H and O–H groups in total. The van der Waals surface area contributed by atoms with Crippen molar-refractivity contribution < 1.29 is 14.3 Å². The number of rotatable bonds is 5. The molecule has 7 heteroatoms. The third kappa shape index (κ3) is 3.72. The minimum absolute atomic E-state index is 0.203. The SMILES string of the molecule is Cc1nn(Cc2ccccc2)c2sc(C(=O)OCC(=O)N3CCc4ccccc43)cc12. The average Bonchev–Trinajstić information content (AvgIpc) is 3.48. The van der Waals surface area contributed by atoms with Gasteiger partial charge in [-0.05, 0) is 36.6 Å². The summed E-state index contributed by atoms with van der Waals surface area (Å²) >= 11 is 1.35. The average molecular weight is 432 g/mol. The molecule has 1 aliphatic rings. The van der Waals surface area contributed by atoms with Gasteiger partial charge < -0.3 is 9.64 Å². The van der Waals surface area contributed by atoms with E-state index in [-0.39, 0.29) is 12.5 Å². The number of aromatic nitrogens is 2. The van der Waals surface area contributed by atoms with Crippen molar-refractivity contribution in [2.75, 3.05) is 18.1 Å². The summed E-state index contributed by atoms with van der Waals surface area (Å²) in [7, 11) is 0. The molecule has 0 spiro atoms. The number of nitrogens with zero attached hydrogens (tertiary/aromatic N) is 3. The third-order valence-electron chi connectivity index (χ3n) is 5.50. The van der Waals surface area contributed by atoms with E-state index in [0.717, 1.165) is 39.1 Å². The number of fused-ring (bicyclic) bond motifs is 2. The molecule has 2 aromatic heterocycles. The summed E-state index contributed by atoms with van der Waals surface area (Å²) in [5.41, 5.74) is 4.05. The summed E-state index contributed by atoms with van der Waals surface area (Å²) in [6.07, 6.45) is 0.823. The Labute approximate surface area is 183 Å². The fourth-order valence-corrected chi connectivity index (χ4v) is 5.01. The topological polar surface area (TPSA) is 64.4 Å². The van der Waals surface area contributed by atoms with Gasteiger partial charge in [0.1, 0.15) is 9.71 Å². The number of anilines is 1. The van der Waals surface area contributed by atoms with Gasteiger partial charge in [-0.2, -0.15) is 5.10 Å². The van der Waals surface area contributed by atoms with Gasteiger partial charge >= 0.3 is 5.97 Å². The van der Waals surface area contributed by atoms with E-state index in [1.165, 1.54) is 11.3 Å². The maximum atomic E-state index is 12.6. The van der Waals surface area contributed by atoms with Crippen molar-refractivity contribution in [1.82, 2.24) is 9.78 Å². The molecule has 6 nitrogen and oxygen atoms in total. The number of hydrogen-bond donors (Lipinski definition) is 0. The molecule has 1 aliphatic heterocycles. The molecule has 3 heterocycles. The minimum atomic E-state index is -0.479. The molecule has 0 radical (unpaired) electrons. The highest BCUT2D eigenvalue weighted by molar-refractivity contribution is 7.20. The molecule has 1 amide bonds. The summed E-state index contributed by atoms with van der Waals surface area (Å²) in [4.78, 5) is 28.4. The van der Waals surface area contributed by atoms with Crippen LogP contribution in [0, 0.1) is 6.92 Å². The van der Waals surface area contributed by atoms with Gasteiger partial charge in [0, 0.05) is 17.6 Å². The van der Waals surface area contributed by atoms with E-state index in [4.69, 9.17) is 4.74 Å². The molecule has 0 unspecified atom stereocenters. The van der Waals surface area contributed by atoms with Crippen molar-refractivity contribution in [3.8, 4) is 0 Å². The van der Waals surface area contributed by atoms with Crippen molar-refractivity contribution in [2.24, 2.45) is 0 Å². The van der Waals surface area contributed by atoms with Crippen molar-refractivity contribution in [3.63, 3.8) is 0 Å². The van der Waals surface area contributed by atoms with Crippen LogP contribution in [0.1, 0.15) is 26.5 Å². The normalized spacial score (nSPS) is 12.9. The zero-order chi connectivity index (χ0) is 21.4. The van der Waals surface area contributed by atoms with E-state index in [1.807, 2.05) is 72.3 Å². The Morgan fingerprint density at radius 3 is 2.71 bits per heavy atom.